The lowest BCUT2D eigenvalue weighted by molar-refractivity contribution is 0.107. The molecule has 0 spiro atoms. The maximum absolute atomic E-state index is 11.7. The highest BCUT2D eigenvalue weighted by Crippen LogP contribution is 2.65. The highest BCUT2D eigenvalue weighted by atomic mass is 32.2. The van der Waals surface area contributed by atoms with Crippen molar-refractivity contribution in [2.45, 2.75) is 38.0 Å². The Morgan fingerprint density at radius 1 is 1.06 bits per heavy atom. The number of likely N-dealkylation sites (tertiary alicyclic amines) is 1. The molecule has 2 aliphatic carbocycles. The molecule has 32 heavy (non-hydrogen) atoms. The van der Waals surface area contributed by atoms with Crippen molar-refractivity contribution >= 4 is 15.7 Å². The van der Waals surface area contributed by atoms with Gasteiger partial charge in [0.25, 0.3) is 0 Å². The average molecular weight is 455 g/mol. The van der Waals surface area contributed by atoms with E-state index in [2.05, 4.69) is 46.9 Å². The van der Waals surface area contributed by atoms with Crippen LogP contribution in [0.1, 0.15) is 36.5 Å². The van der Waals surface area contributed by atoms with Gasteiger partial charge < -0.3 is 10.0 Å². The molecule has 5 nitrogen and oxygen atoms in total. The van der Waals surface area contributed by atoms with E-state index in [1.807, 2.05) is 18.2 Å². The van der Waals surface area contributed by atoms with Gasteiger partial charge in [0.15, 0.2) is 0 Å². The van der Waals surface area contributed by atoms with Gasteiger partial charge in [-0.15, -0.1) is 0 Å². The molecule has 1 saturated heterocycles. The van der Waals surface area contributed by atoms with Gasteiger partial charge in [0, 0.05) is 36.2 Å². The Balaban J connectivity index is 1.23. The topological polar surface area (TPSA) is 69.6 Å². The first kappa shape index (κ1) is 21.9. The largest absolute Gasteiger partial charge is 0.396 e. The lowest BCUT2D eigenvalue weighted by Gasteiger charge is -2.31. The minimum absolute atomic E-state index is 0.00996. The zero-order valence-corrected chi connectivity index (χ0v) is 19.9. The van der Waals surface area contributed by atoms with E-state index in [1.54, 1.807) is 0 Å². The molecule has 2 fully saturated rings. The van der Waals surface area contributed by atoms with Crippen molar-refractivity contribution < 1.29 is 13.5 Å². The molecule has 2 unspecified atom stereocenters. The number of hydrogen-bond donors (Lipinski definition) is 2. The van der Waals surface area contributed by atoms with Gasteiger partial charge in [-0.3, -0.25) is 4.72 Å². The van der Waals surface area contributed by atoms with Crippen LogP contribution in [0.3, 0.4) is 0 Å². The lowest BCUT2D eigenvalue weighted by atomic mass is 9.82. The predicted molar refractivity (Wildman–Crippen MR) is 128 cm³/mol. The summed E-state index contributed by atoms with van der Waals surface area (Å²) in [5.41, 5.74) is 4.89. The standard InChI is InChI=1S/C26H34N2O3S/c1-3-26(21-9-6-10-22(13-21)27-32(2,30)31)23-16-28(17-24(23)26)12-11-25(18-29)14-19-7-4-5-8-20(19)15-25/h4-10,13,23-24,27,29H,3,11-12,14-18H2,1-2H3. The van der Waals surface area contributed by atoms with Crippen LogP contribution in [0, 0.1) is 17.3 Å². The van der Waals surface area contributed by atoms with Crippen LogP contribution < -0.4 is 4.72 Å². The van der Waals surface area contributed by atoms with E-state index >= 15 is 0 Å². The van der Waals surface area contributed by atoms with Crippen molar-refractivity contribution in [2.75, 3.05) is 37.2 Å². The predicted octanol–water partition coefficient (Wildman–Crippen LogP) is 3.44. The van der Waals surface area contributed by atoms with Crippen LogP contribution in [0.5, 0.6) is 0 Å². The molecule has 1 heterocycles. The number of rotatable bonds is 8. The van der Waals surface area contributed by atoms with E-state index in [9.17, 15) is 13.5 Å². The first-order valence-electron chi connectivity index (χ1n) is 11.8. The minimum Gasteiger partial charge on any atom is -0.396 e. The van der Waals surface area contributed by atoms with Gasteiger partial charge in [0.2, 0.25) is 10.0 Å². The third-order valence-electron chi connectivity index (χ3n) is 8.44. The van der Waals surface area contributed by atoms with Gasteiger partial charge in [0.05, 0.1) is 6.26 Å². The van der Waals surface area contributed by atoms with Gasteiger partial charge in [0.1, 0.15) is 0 Å². The first-order chi connectivity index (χ1) is 15.3. The van der Waals surface area contributed by atoms with Crippen molar-refractivity contribution in [3.05, 3.63) is 65.2 Å². The average Bonchev–Trinajstić information content (AvgIpc) is 3.07. The van der Waals surface area contributed by atoms with Crippen molar-refractivity contribution in [2.24, 2.45) is 17.3 Å². The number of piperidine rings is 1. The molecule has 1 aliphatic heterocycles. The number of aliphatic hydroxyl groups excluding tert-OH is 1. The van der Waals surface area contributed by atoms with E-state index in [1.165, 1.54) is 22.9 Å². The van der Waals surface area contributed by atoms with Crippen LogP contribution in [-0.4, -0.2) is 50.9 Å². The fraction of sp³-hybridized carbons (Fsp3) is 0.538. The second-order valence-electron chi connectivity index (χ2n) is 10.4. The maximum Gasteiger partial charge on any atom is 0.229 e. The molecular formula is C26H34N2O3S. The second-order valence-corrected chi connectivity index (χ2v) is 12.1. The van der Waals surface area contributed by atoms with Crippen LogP contribution in [0.15, 0.2) is 48.5 Å². The number of fused-ring (bicyclic) bond motifs is 2. The van der Waals surface area contributed by atoms with E-state index in [-0.39, 0.29) is 17.4 Å². The third-order valence-corrected chi connectivity index (χ3v) is 9.05. The molecule has 2 aromatic rings. The molecule has 6 heteroatoms. The van der Waals surface area contributed by atoms with Crippen LogP contribution in [-0.2, 0) is 28.3 Å². The quantitative estimate of drug-likeness (QED) is 0.641. The summed E-state index contributed by atoms with van der Waals surface area (Å²) >= 11 is 0. The number of hydrogen-bond acceptors (Lipinski definition) is 4. The number of benzene rings is 2. The molecule has 2 N–H and O–H groups in total. The van der Waals surface area contributed by atoms with Gasteiger partial charge in [-0.1, -0.05) is 43.3 Å². The van der Waals surface area contributed by atoms with E-state index in [0.717, 1.165) is 45.3 Å². The van der Waals surface area contributed by atoms with E-state index in [4.69, 9.17) is 0 Å². The van der Waals surface area contributed by atoms with Gasteiger partial charge in [-0.05, 0) is 72.9 Å². The number of aliphatic hydroxyl groups is 1. The Hall–Kier alpha value is -1.89. The Bertz CT molecular complexity index is 1080. The Kier molecular flexibility index (Phi) is 5.38. The van der Waals surface area contributed by atoms with Gasteiger partial charge in [-0.25, -0.2) is 8.42 Å². The van der Waals surface area contributed by atoms with Crippen molar-refractivity contribution in [1.29, 1.82) is 0 Å². The minimum atomic E-state index is -3.28. The zero-order chi connectivity index (χ0) is 22.6. The second kappa shape index (κ2) is 7.86. The normalized spacial score (nSPS) is 28.3. The smallest absolute Gasteiger partial charge is 0.229 e. The van der Waals surface area contributed by atoms with Crippen molar-refractivity contribution in [3.63, 3.8) is 0 Å². The summed E-state index contributed by atoms with van der Waals surface area (Å²) in [7, 11) is -3.28. The highest BCUT2D eigenvalue weighted by molar-refractivity contribution is 7.92. The third kappa shape index (κ3) is 3.76. The Labute approximate surface area is 191 Å². The lowest BCUT2D eigenvalue weighted by Crippen LogP contribution is -2.36. The fourth-order valence-corrected chi connectivity index (χ4v) is 7.33. The van der Waals surface area contributed by atoms with Crippen LogP contribution >= 0.6 is 0 Å². The van der Waals surface area contributed by atoms with Crippen molar-refractivity contribution in [1.82, 2.24) is 4.90 Å². The zero-order valence-electron chi connectivity index (χ0n) is 19.0. The van der Waals surface area contributed by atoms with E-state index < -0.39 is 10.0 Å². The van der Waals surface area contributed by atoms with Crippen molar-refractivity contribution in [3.8, 4) is 0 Å². The summed E-state index contributed by atoms with van der Waals surface area (Å²) in [5, 5.41) is 10.2. The molecule has 0 radical (unpaired) electrons. The van der Waals surface area contributed by atoms with Crippen LogP contribution in [0.25, 0.3) is 0 Å². The number of sulfonamides is 1. The SMILES string of the molecule is CCC1(c2cccc(NS(C)(=O)=O)c2)C2CN(CCC3(CO)Cc4ccccc4C3)CC21. The molecular weight excluding hydrogens is 420 g/mol. The molecule has 2 aromatic carbocycles. The van der Waals surface area contributed by atoms with Gasteiger partial charge in [-0.2, -0.15) is 0 Å². The fourth-order valence-electron chi connectivity index (χ4n) is 6.78. The number of nitrogens with one attached hydrogen (secondary N) is 1. The summed E-state index contributed by atoms with van der Waals surface area (Å²) in [6.45, 7) is 5.74. The molecule has 3 aliphatic rings. The number of nitrogens with zero attached hydrogens (tertiary/aromatic N) is 1. The molecule has 5 rings (SSSR count). The summed E-state index contributed by atoms with van der Waals surface area (Å²) in [5.74, 6) is 1.26. The maximum atomic E-state index is 11.7. The van der Waals surface area contributed by atoms with Crippen LogP contribution in [0.2, 0.25) is 0 Å². The molecule has 0 aromatic heterocycles. The molecule has 0 bridgehead atoms. The number of anilines is 1. The monoisotopic (exact) mass is 454 g/mol. The van der Waals surface area contributed by atoms with Crippen LogP contribution in [0.4, 0.5) is 5.69 Å². The first-order valence-corrected chi connectivity index (χ1v) is 13.7. The molecule has 2 atom stereocenters. The molecule has 0 amide bonds. The Morgan fingerprint density at radius 2 is 1.72 bits per heavy atom. The molecule has 1 saturated carbocycles. The summed E-state index contributed by atoms with van der Waals surface area (Å²) < 4.78 is 25.9. The summed E-state index contributed by atoms with van der Waals surface area (Å²) in [4.78, 5) is 2.59. The Morgan fingerprint density at radius 3 is 2.28 bits per heavy atom. The van der Waals surface area contributed by atoms with Gasteiger partial charge >= 0.3 is 0 Å². The summed E-state index contributed by atoms with van der Waals surface area (Å²) in [6.07, 6.45) is 5.28. The summed E-state index contributed by atoms with van der Waals surface area (Å²) in [6, 6.07) is 16.6. The molecule has 172 valence electrons. The van der Waals surface area contributed by atoms with E-state index in [0.29, 0.717) is 17.5 Å². The highest BCUT2D eigenvalue weighted by Gasteiger charge is 2.67.